The average Bonchev–Trinajstić information content (AvgIpc) is 3.63. The molecule has 0 unspecified atom stereocenters. The number of hydrogen-bond donors (Lipinski definition) is 0. The number of amides is 1. The first-order valence-corrected chi connectivity index (χ1v) is 13.0. The molecule has 33 heavy (non-hydrogen) atoms. The normalized spacial score (nSPS) is 21.1. The summed E-state index contributed by atoms with van der Waals surface area (Å²) in [6.45, 7) is 5.15. The molecule has 2 aromatic rings. The molecule has 5 rings (SSSR count). The highest BCUT2D eigenvalue weighted by molar-refractivity contribution is 7.90. The van der Waals surface area contributed by atoms with Gasteiger partial charge in [0, 0.05) is 24.8 Å². The lowest BCUT2D eigenvalue weighted by molar-refractivity contribution is 0.0982. The van der Waals surface area contributed by atoms with Gasteiger partial charge in [-0.1, -0.05) is 0 Å². The SMILES string of the molecule is CC1(C)c2cc(C#N)ccc2C(=O)N1c1cncc(CC2CCN(S(=O)(=O)C3CC3)CC2)c1. The number of carbonyl (C=O) groups is 1. The van der Waals surface area contributed by atoms with E-state index in [1.54, 1.807) is 33.6 Å². The van der Waals surface area contributed by atoms with Crippen molar-refractivity contribution in [3.63, 3.8) is 0 Å². The smallest absolute Gasteiger partial charge is 0.259 e. The van der Waals surface area contributed by atoms with E-state index in [4.69, 9.17) is 0 Å². The van der Waals surface area contributed by atoms with Gasteiger partial charge in [0.05, 0.1) is 34.3 Å². The molecule has 0 N–H and O–H groups in total. The van der Waals surface area contributed by atoms with Gasteiger partial charge in [-0.05, 0) is 87.3 Å². The van der Waals surface area contributed by atoms with Crippen molar-refractivity contribution >= 4 is 21.6 Å². The molecule has 1 saturated heterocycles. The van der Waals surface area contributed by atoms with Gasteiger partial charge >= 0.3 is 0 Å². The first-order chi connectivity index (χ1) is 15.7. The van der Waals surface area contributed by atoms with Crippen molar-refractivity contribution in [3.8, 4) is 6.07 Å². The molecule has 3 aliphatic rings. The number of nitrogens with zero attached hydrogens (tertiary/aromatic N) is 4. The Morgan fingerprint density at radius 3 is 2.52 bits per heavy atom. The van der Waals surface area contributed by atoms with Gasteiger partial charge in [-0.3, -0.25) is 14.7 Å². The van der Waals surface area contributed by atoms with Crippen LogP contribution >= 0.6 is 0 Å². The van der Waals surface area contributed by atoms with Crippen LogP contribution in [0.5, 0.6) is 0 Å². The Kier molecular flexibility index (Phi) is 5.30. The molecule has 0 spiro atoms. The quantitative estimate of drug-likeness (QED) is 0.674. The fraction of sp³-hybridized carbons (Fsp3) is 0.480. The average molecular weight is 465 g/mol. The molecule has 172 valence electrons. The van der Waals surface area contributed by atoms with Gasteiger partial charge in [0.2, 0.25) is 10.0 Å². The number of fused-ring (bicyclic) bond motifs is 1. The van der Waals surface area contributed by atoms with E-state index in [2.05, 4.69) is 11.1 Å². The lowest BCUT2D eigenvalue weighted by atomic mass is 9.91. The van der Waals surface area contributed by atoms with Crippen LogP contribution in [0.4, 0.5) is 5.69 Å². The molecule has 1 aromatic heterocycles. The van der Waals surface area contributed by atoms with Crippen LogP contribution in [-0.4, -0.2) is 42.0 Å². The van der Waals surface area contributed by atoms with Gasteiger partial charge in [-0.15, -0.1) is 0 Å². The zero-order chi connectivity index (χ0) is 23.4. The van der Waals surface area contributed by atoms with Crippen LogP contribution < -0.4 is 4.90 Å². The summed E-state index contributed by atoms with van der Waals surface area (Å²) in [5.41, 5.74) is 3.20. The molecular formula is C25H28N4O3S. The minimum absolute atomic E-state index is 0.0861. The zero-order valence-electron chi connectivity index (χ0n) is 19.0. The minimum Gasteiger partial charge on any atom is -0.297 e. The molecule has 1 aromatic carbocycles. The molecule has 8 heteroatoms. The fourth-order valence-corrected chi connectivity index (χ4v) is 7.10. The number of nitriles is 1. The maximum absolute atomic E-state index is 13.3. The third kappa shape index (κ3) is 3.83. The summed E-state index contributed by atoms with van der Waals surface area (Å²) < 4.78 is 26.7. The second kappa shape index (κ2) is 7.93. The van der Waals surface area contributed by atoms with Crippen molar-refractivity contribution < 1.29 is 13.2 Å². The second-order valence-electron chi connectivity index (χ2n) is 9.91. The standard InChI is InChI=1S/C25H28N4O3S/c1-25(2)23-13-18(14-26)3-6-22(23)24(30)29(25)20-12-19(15-27-16-20)11-17-7-9-28(10-8-17)33(31,32)21-4-5-21/h3,6,12-13,15-17,21H,4-5,7-11H2,1-2H3. The highest BCUT2D eigenvalue weighted by atomic mass is 32.2. The zero-order valence-corrected chi connectivity index (χ0v) is 19.8. The third-order valence-corrected chi connectivity index (χ3v) is 9.64. The van der Waals surface area contributed by atoms with E-state index >= 15 is 0 Å². The Labute approximate surface area is 195 Å². The molecule has 2 aliphatic heterocycles. The summed E-state index contributed by atoms with van der Waals surface area (Å²) in [7, 11) is -3.10. The number of rotatable bonds is 5. The maximum Gasteiger partial charge on any atom is 0.259 e. The number of pyridine rings is 1. The Morgan fingerprint density at radius 2 is 1.85 bits per heavy atom. The highest BCUT2D eigenvalue weighted by Gasteiger charge is 2.44. The van der Waals surface area contributed by atoms with Gasteiger partial charge in [0.25, 0.3) is 5.91 Å². The second-order valence-corrected chi connectivity index (χ2v) is 12.1. The number of hydrogen-bond acceptors (Lipinski definition) is 5. The van der Waals surface area contributed by atoms with Gasteiger partial charge < -0.3 is 0 Å². The van der Waals surface area contributed by atoms with Gasteiger partial charge in [-0.2, -0.15) is 5.26 Å². The highest BCUT2D eigenvalue weighted by Crippen LogP contribution is 2.42. The predicted octanol–water partition coefficient (Wildman–Crippen LogP) is 3.60. The summed E-state index contributed by atoms with van der Waals surface area (Å²) in [6, 6.07) is 9.40. The van der Waals surface area contributed by atoms with E-state index < -0.39 is 15.6 Å². The summed E-state index contributed by atoms with van der Waals surface area (Å²) in [5.74, 6) is 0.308. The Hall–Kier alpha value is -2.76. The van der Waals surface area contributed by atoms with Crippen LogP contribution in [0.1, 0.15) is 66.6 Å². The van der Waals surface area contributed by atoms with Crippen molar-refractivity contribution in [2.75, 3.05) is 18.0 Å². The Morgan fingerprint density at radius 1 is 1.12 bits per heavy atom. The predicted molar refractivity (Wildman–Crippen MR) is 125 cm³/mol. The molecule has 2 fully saturated rings. The first-order valence-electron chi connectivity index (χ1n) is 11.5. The van der Waals surface area contributed by atoms with Crippen LogP contribution in [0.2, 0.25) is 0 Å². The summed E-state index contributed by atoms with van der Waals surface area (Å²) in [5, 5.41) is 9.13. The van der Waals surface area contributed by atoms with Crippen LogP contribution in [0.15, 0.2) is 36.7 Å². The Balaban J connectivity index is 1.32. The molecule has 7 nitrogen and oxygen atoms in total. The number of piperidine rings is 1. The van der Waals surface area contributed by atoms with E-state index in [1.165, 1.54) is 0 Å². The molecule has 1 saturated carbocycles. The van der Waals surface area contributed by atoms with E-state index in [9.17, 15) is 18.5 Å². The lowest BCUT2D eigenvalue weighted by Crippen LogP contribution is -2.40. The number of sulfonamides is 1. The van der Waals surface area contributed by atoms with Crippen LogP contribution in [-0.2, 0) is 22.0 Å². The van der Waals surface area contributed by atoms with Gasteiger partial charge in [0.1, 0.15) is 0 Å². The topological polar surface area (TPSA) is 94.4 Å². The van der Waals surface area contributed by atoms with Crippen LogP contribution in [0.25, 0.3) is 0 Å². The van der Waals surface area contributed by atoms with Crippen molar-refractivity contribution in [1.82, 2.24) is 9.29 Å². The molecule has 0 bridgehead atoms. The third-order valence-electron chi connectivity index (χ3n) is 7.24. The van der Waals surface area contributed by atoms with E-state index in [0.717, 1.165) is 48.9 Å². The molecule has 1 aliphatic carbocycles. The van der Waals surface area contributed by atoms with E-state index in [0.29, 0.717) is 30.1 Å². The number of anilines is 1. The monoisotopic (exact) mass is 464 g/mol. The van der Waals surface area contributed by atoms with Crippen molar-refractivity contribution in [3.05, 3.63) is 58.9 Å². The van der Waals surface area contributed by atoms with E-state index in [1.807, 2.05) is 26.1 Å². The fourth-order valence-electron chi connectivity index (χ4n) is 5.23. The lowest BCUT2D eigenvalue weighted by Gasteiger charge is -2.33. The van der Waals surface area contributed by atoms with Gasteiger partial charge in [0.15, 0.2) is 0 Å². The van der Waals surface area contributed by atoms with Gasteiger partial charge in [-0.25, -0.2) is 12.7 Å². The number of benzene rings is 1. The molecular weight excluding hydrogens is 436 g/mol. The largest absolute Gasteiger partial charge is 0.297 e. The van der Waals surface area contributed by atoms with E-state index in [-0.39, 0.29) is 11.2 Å². The summed E-state index contributed by atoms with van der Waals surface area (Å²) >= 11 is 0. The van der Waals surface area contributed by atoms with Crippen LogP contribution in [0, 0.1) is 17.2 Å². The molecule has 1 amide bonds. The summed E-state index contributed by atoms with van der Waals surface area (Å²) in [4.78, 5) is 19.4. The van der Waals surface area contributed by atoms with Crippen molar-refractivity contribution in [1.29, 1.82) is 5.26 Å². The molecule has 0 radical (unpaired) electrons. The van der Waals surface area contributed by atoms with Crippen molar-refractivity contribution in [2.45, 2.75) is 56.7 Å². The summed E-state index contributed by atoms with van der Waals surface area (Å²) in [6.07, 6.45) is 7.64. The first kappa shape index (κ1) is 22.1. The van der Waals surface area contributed by atoms with Crippen molar-refractivity contribution in [2.24, 2.45) is 5.92 Å². The minimum atomic E-state index is -3.10. The molecule has 3 heterocycles. The van der Waals surface area contributed by atoms with Crippen LogP contribution in [0.3, 0.4) is 0 Å². The maximum atomic E-state index is 13.3. The molecule has 0 atom stereocenters. The number of carbonyl (C=O) groups excluding carboxylic acids is 1. The Bertz CT molecular complexity index is 1250. The number of aromatic nitrogens is 1.